The summed E-state index contributed by atoms with van der Waals surface area (Å²) in [6, 6.07) is 2.04. The van der Waals surface area contributed by atoms with Crippen molar-refractivity contribution in [2.45, 2.75) is 37.6 Å². The van der Waals surface area contributed by atoms with Crippen molar-refractivity contribution in [2.75, 3.05) is 37.4 Å². The summed E-state index contributed by atoms with van der Waals surface area (Å²) in [5.74, 6) is 1.90. The van der Waals surface area contributed by atoms with E-state index in [0.717, 1.165) is 11.6 Å². The molecule has 1 N–H and O–H groups in total. The molecule has 0 amide bonds. The van der Waals surface area contributed by atoms with Crippen LogP contribution in [0.25, 0.3) is 0 Å². The van der Waals surface area contributed by atoms with Gasteiger partial charge >= 0.3 is 0 Å². The maximum absolute atomic E-state index is 12.9. The maximum Gasteiger partial charge on any atom is 0.248 e. The molecule has 2 aromatic heterocycles. The van der Waals surface area contributed by atoms with Crippen molar-refractivity contribution in [1.29, 1.82) is 0 Å². The summed E-state index contributed by atoms with van der Waals surface area (Å²) in [7, 11) is 0.264. The summed E-state index contributed by atoms with van der Waals surface area (Å²) < 4.78 is 32.2. The van der Waals surface area contributed by atoms with Crippen LogP contribution in [-0.2, 0) is 10.0 Å². The number of anilines is 2. The number of aryl methyl sites for hydroxylation is 2. The zero-order valence-corrected chi connectivity index (χ0v) is 16.2. The van der Waals surface area contributed by atoms with E-state index in [1.807, 2.05) is 25.1 Å². The van der Waals surface area contributed by atoms with Crippen LogP contribution >= 0.6 is 0 Å². The van der Waals surface area contributed by atoms with Crippen molar-refractivity contribution in [3.63, 3.8) is 0 Å². The molecular weight excluding hydrogens is 356 g/mol. The van der Waals surface area contributed by atoms with Crippen LogP contribution in [0.15, 0.2) is 21.8 Å². The van der Waals surface area contributed by atoms with Gasteiger partial charge in [0.05, 0.1) is 0 Å². The second-order valence-corrected chi connectivity index (χ2v) is 8.51. The molecule has 1 aliphatic rings. The van der Waals surface area contributed by atoms with Crippen molar-refractivity contribution in [1.82, 2.24) is 19.4 Å². The fraction of sp³-hybridized carbons (Fsp3) is 0.562. The molecule has 0 aromatic carbocycles. The van der Waals surface area contributed by atoms with Gasteiger partial charge in [-0.25, -0.2) is 18.4 Å². The van der Waals surface area contributed by atoms with Crippen LogP contribution in [0.5, 0.6) is 0 Å². The fourth-order valence-electron chi connectivity index (χ4n) is 3.09. The lowest BCUT2D eigenvalue weighted by Crippen LogP contribution is -2.42. The predicted octanol–water partition coefficient (Wildman–Crippen LogP) is 1.41. The van der Waals surface area contributed by atoms with Crippen molar-refractivity contribution in [3.8, 4) is 0 Å². The topological polar surface area (TPSA) is 104 Å². The van der Waals surface area contributed by atoms with Gasteiger partial charge in [-0.3, -0.25) is 0 Å². The van der Waals surface area contributed by atoms with Gasteiger partial charge in [-0.1, -0.05) is 5.16 Å². The third-order valence-corrected chi connectivity index (χ3v) is 6.63. The monoisotopic (exact) mass is 380 g/mol. The van der Waals surface area contributed by atoms with Crippen LogP contribution in [0.4, 0.5) is 11.6 Å². The largest absolute Gasteiger partial charge is 0.367 e. The maximum atomic E-state index is 12.9. The highest BCUT2D eigenvalue weighted by Crippen LogP contribution is 2.26. The molecule has 9 nitrogen and oxygen atoms in total. The minimum atomic E-state index is -3.58. The Balaban J connectivity index is 1.65. The number of piperidine rings is 1. The minimum absolute atomic E-state index is 0.163. The van der Waals surface area contributed by atoms with Crippen LogP contribution < -0.4 is 10.2 Å². The summed E-state index contributed by atoms with van der Waals surface area (Å²) in [5, 5.41) is 7.13. The Labute approximate surface area is 153 Å². The number of rotatable bonds is 5. The molecule has 0 unspecified atom stereocenters. The Morgan fingerprint density at radius 2 is 1.92 bits per heavy atom. The Hall–Kier alpha value is -2.20. The first-order valence-corrected chi connectivity index (χ1v) is 9.92. The molecule has 26 heavy (non-hydrogen) atoms. The first kappa shape index (κ1) is 18.6. The SMILES string of the molecule is Cc1noc(C)c1S(=O)(=O)N1CCC(Nc2cc(N(C)C)ncn2)CC1. The number of nitrogens with zero attached hydrogens (tertiary/aromatic N) is 5. The number of nitrogens with one attached hydrogen (secondary N) is 1. The Kier molecular flexibility index (Phi) is 5.15. The highest BCUT2D eigenvalue weighted by atomic mass is 32.2. The number of aromatic nitrogens is 3. The van der Waals surface area contributed by atoms with E-state index in [4.69, 9.17) is 4.52 Å². The fourth-order valence-corrected chi connectivity index (χ4v) is 4.85. The van der Waals surface area contributed by atoms with Gasteiger partial charge < -0.3 is 14.7 Å². The van der Waals surface area contributed by atoms with Gasteiger partial charge in [0.1, 0.15) is 28.6 Å². The van der Waals surface area contributed by atoms with Crippen LogP contribution in [0.3, 0.4) is 0 Å². The predicted molar refractivity (Wildman–Crippen MR) is 97.7 cm³/mol. The van der Waals surface area contributed by atoms with E-state index in [1.165, 1.54) is 10.6 Å². The third kappa shape index (κ3) is 3.65. The summed E-state index contributed by atoms with van der Waals surface area (Å²) in [4.78, 5) is 10.5. The molecule has 0 bridgehead atoms. The Bertz CT molecular complexity index is 852. The highest BCUT2D eigenvalue weighted by Gasteiger charge is 2.33. The van der Waals surface area contributed by atoms with Crippen molar-refractivity contribution in [2.24, 2.45) is 0 Å². The summed E-state index contributed by atoms with van der Waals surface area (Å²) in [5.41, 5.74) is 0.403. The molecule has 3 heterocycles. The number of hydrogen-bond acceptors (Lipinski definition) is 8. The molecular formula is C16H24N6O3S. The molecule has 1 aliphatic heterocycles. The number of hydrogen-bond donors (Lipinski definition) is 1. The van der Waals surface area contributed by atoms with Crippen LogP contribution in [0, 0.1) is 13.8 Å². The Morgan fingerprint density at radius 1 is 1.23 bits per heavy atom. The van der Waals surface area contributed by atoms with E-state index < -0.39 is 10.0 Å². The van der Waals surface area contributed by atoms with Gasteiger partial charge in [0, 0.05) is 39.3 Å². The van der Waals surface area contributed by atoms with E-state index in [9.17, 15) is 8.42 Å². The van der Waals surface area contributed by atoms with Crippen molar-refractivity contribution < 1.29 is 12.9 Å². The second kappa shape index (κ2) is 7.20. The second-order valence-electron chi connectivity index (χ2n) is 6.63. The molecule has 2 aromatic rings. The van der Waals surface area contributed by atoms with E-state index in [0.29, 0.717) is 37.4 Å². The lowest BCUT2D eigenvalue weighted by molar-refractivity contribution is 0.328. The van der Waals surface area contributed by atoms with Gasteiger partial charge in [0.25, 0.3) is 0 Å². The van der Waals surface area contributed by atoms with Gasteiger partial charge in [-0.15, -0.1) is 0 Å². The zero-order valence-electron chi connectivity index (χ0n) is 15.4. The van der Waals surface area contributed by atoms with Gasteiger partial charge in [0.15, 0.2) is 5.76 Å². The molecule has 0 spiro atoms. The molecule has 1 saturated heterocycles. The summed E-state index contributed by atoms with van der Waals surface area (Å²) >= 11 is 0. The highest BCUT2D eigenvalue weighted by molar-refractivity contribution is 7.89. The van der Waals surface area contributed by atoms with Crippen molar-refractivity contribution >= 4 is 21.7 Å². The lowest BCUT2D eigenvalue weighted by Gasteiger charge is -2.31. The Morgan fingerprint density at radius 3 is 2.50 bits per heavy atom. The molecule has 10 heteroatoms. The minimum Gasteiger partial charge on any atom is -0.367 e. The normalized spacial score (nSPS) is 16.6. The van der Waals surface area contributed by atoms with Crippen molar-refractivity contribution in [3.05, 3.63) is 23.8 Å². The quantitative estimate of drug-likeness (QED) is 0.830. The molecule has 1 fully saturated rings. The third-order valence-electron chi connectivity index (χ3n) is 4.48. The summed E-state index contributed by atoms with van der Waals surface area (Å²) in [6.45, 7) is 4.15. The molecule has 142 valence electrons. The smallest absolute Gasteiger partial charge is 0.248 e. The van der Waals surface area contributed by atoms with E-state index >= 15 is 0 Å². The van der Waals surface area contributed by atoms with Gasteiger partial charge in [-0.05, 0) is 26.7 Å². The van der Waals surface area contributed by atoms with E-state index in [1.54, 1.807) is 13.8 Å². The van der Waals surface area contributed by atoms with Crippen LogP contribution in [0.2, 0.25) is 0 Å². The molecule has 0 saturated carbocycles. The van der Waals surface area contributed by atoms with Crippen LogP contribution in [0.1, 0.15) is 24.3 Å². The molecule has 3 rings (SSSR count). The average Bonchev–Trinajstić information content (AvgIpc) is 2.95. The molecule has 0 aliphatic carbocycles. The molecule has 0 radical (unpaired) electrons. The van der Waals surface area contributed by atoms with Crippen LogP contribution in [-0.4, -0.2) is 61.1 Å². The standard InChI is InChI=1S/C16H24N6O3S/c1-11-16(12(2)25-20-11)26(23,24)22-7-5-13(6-8-22)19-14-9-15(21(3)4)18-10-17-14/h9-10,13H,5-8H2,1-4H3,(H,17,18,19). The van der Waals surface area contributed by atoms with Gasteiger partial charge in [-0.2, -0.15) is 4.31 Å². The number of sulfonamides is 1. The average molecular weight is 380 g/mol. The lowest BCUT2D eigenvalue weighted by atomic mass is 10.1. The molecule has 0 atom stereocenters. The zero-order chi connectivity index (χ0) is 18.9. The van der Waals surface area contributed by atoms with Gasteiger partial charge in [0.2, 0.25) is 10.0 Å². The summed E-state index contributed by atoms with van der Waals surface area (Å²) in [6.07, 6.45) is 2.92. The first-order valence-electron chi connectivity index (χ1n) is 8.48. The van der Waals surface area contributed by atoms with E-state index in [-0.39, 0.29) is 10.9 Å². The van der Waals surface area contributed by atoms with E-state index in [2.05, 4.69) is 20.4 Å². The first-order chi connectivity index (χ1) is 12.3.